The maximum absolute atomic E-state index is 12.5. The van der Waals surface area contributed by atoms with Gasteiger partial charge in [-0.25, -0.2) is 0 Å². The number of carbonyl (C=O) groups excluding carboxylic acids is 1. The first-order chi connectivity index (χ1) is 9.31. The van der Waals surface area contributed by atoms with Gasteiger partial charge in [0.15, 0.2) is 0 Å². The molecule has 1 amide bonds. The fraction of sp³-hybridized carbons (Fsp3) is 0.933. The second-order valence-corrected chi connectivity index (χ2v) is 5.85. The molecule has 0 aromatic carbocycles. The quantitative estimate of drug-likeness (QED) is 0.826. The van der Waals surface area contributed by atoms with E-state index in [0.717, 1.165) is 58.5 Å². The molecule has 0 aromatic heterocycles. The summed E-state index contributed by atoms with van der Waals surface area (Å²) < 4.78 is 5.65. The van der Waals surface area contributed by atoms with Gasteiger partial charge in [0.2, 0.25) is 0 Å². The van der Waals surface area contributed by atoms with Crippen LogP contribution in [0.25, 0.3) is 0 Å². The summed E-state index contributed by atoms with van der Waals surface area (Å²) in [7, 11) is 0. The van der Waals surface area contributed by atoms with E-state index < -0.39 is 0 Å². The van der Waals surface area contributed by atoms with Crippen molar-refractivity contribution in [3.05, 3.63) is 0 Å². The summed E-state index contributed by atoms with van der Waals surface area (Å²) in [6.45, 7) is 6.85. The highest BCUT2D eigenvalue weighted by atomic mass is 16.5. The molecular weight excluding hydrogens is 240 g/mol. The van der Waals surface area contributed by atoms with E-state index in [9.17, 15) is 4.79 Å². The molecule has 2 aliphatic heterocycles. The van der Waals surface area contributed by atoms with Crippen molar-refractivity contribution >= 4 is 5.91 Å². The number of rotatable bonds is 5. The third-order valence-electron chi connectivity index (χ3n) is 4.14. The molecule has 2 rings (SSSR count). The van der Waals surface area contributed by atoms with Gasteiger partial charge in [-0.05, 0) is 57.5 Å². The molecule has 0 saturated carbocycles. The Kier molecular flexibility index (Phi) is 6.11. The zero-order chi connectivity index (χ0) is 13.5. The molecule has 4 nitrogen and oxygen atoms in total. The highest BCUT2D eigenvalue weighted by Gasteiger charge is 2.28. The average molecular weight is 268 g/mol. The van der Waals surface area contributed by atoms with Crippen molar-refractivity contribution in [1.82, 2.24) is 10.2 Å². The highest BCUT2D eigenvalue weighted by Crippen LogP contribution is 2.18. The minimum Gasteiger partial charge on any atom is -0.368 e. The maximum Gasteiger partial charge on any atom is 0.251 e. The fourth-order valence-electron chi connectivity index (χ4n) is 3.09. The SMILES string of the molecule is CCCN(CC1CCCNC1)C(=O)C1CCCCO1. The Hall–Kier alpha value is -0.610. The molecule has 0 radical (unpaired) electrons. The number of piperidine rings is 1. The standard InChI is InChI=1S/C15H28N2O2/c1-2-9-17(12-13-6-5-8-16-11-13)15(18)14-7-3-4-10-19-14/h13-14,16H,2-12H2,1H3. The van der Waals surface area contributed by atoms with Crippen molar-refractivity contribution in [3.63, 3.8) is 0 Å². The molecule has 1 N–H and O–H groups in total. The van der Waals surface area contributed by atoms with Gasteiger partial charge in [-0.2, -0.15) is 0 Å². The Labute approximate surface area is 116 Å². The van der Waals surface area contributed by atoms with Crippen molar-refractivity contribution < 1.29 is 9.53 Å². The lowest BCUT2D eigenvalue weighted by Gasteiger charge is -2.33. The molecule has 2 fully saturated rings. The topological polar surface area (TPSA) is 41.6 Å². The molecule has 0 spiro atoms. The predicted octanol–water partition coefficient (Wildman–Crippen LogP) is 1.79. The summed E-state index contributed by atoms with van der Waals surface area (Å²) in [6, 6.07) is 0. The summed E-state index contributed by atoms with van der Waals surface area (Å²) in [5.41, 5.74) is 0. The summed E-state index contributed by atoms with van der Waals surface area (Å²) in [5.74, 6) is 0.847. The Morgan fingerprint density at radius 2 is 2.21 bits per heavy atom. The summed E-state index contributed by atoms with van der Waals surface area (Å²) in [5, 5.41) is 3.43. The molecular formula is C15H28N2O2. The zero-order valence-corrected chi connectivity index (χ0v) is 12.2. The van der Waals surface area contributed by atoms with E-state index in [1.54, 1.807) is 0 Å². The molecule has 2 aliphatic rings. The number of hydrogen-bond acceptors (Lipinski definition) is 3. The molecule has 2 unspecified atom stereocenters. The molecule has 0 bridgehead atoms. The summed E-state index contributed by atoms with van der Waals surface area (Å²) >= 11 is 0. The first-order valence-electron chi connectivity index (χ1n) is 7.92. The molecule has 4 heteroatoms. The van der Waals surface area contributed by atoms with Crippen LogP contribution in [0, 0.1) is 5.92 Å². The number of nitrogens with one attached hydrogen (secondary N) is 1. The van der Waals surface area contributed by atoms with Gasteiger partial charge < -0.3 is 15.0 Å². The van der Waals surface area contributed by atoms with Gasteiger partial charge in [-0.1, -0.05) is 6.92 Å². The lowest BCUT2D eigenvalue weighted by Crippen LogP contribution is -2.46. The predicted molar refractivity (Wildman–Crippen MR) is 76.1 cm³/mol. The van der Waals surface area contributed by atoms with Crippen LogP contribution in [-0.2, 0) is 9.53 Å². The van der Waals surface area contributed by atoms with E-state index in [2.05, 4.69) is 12.2 Å². The molecule has 110 valence electrons. The molecule has 19 heavy (non-hydrogen) atoms. The van der Waals surface area contributed by atoms with Crippen molar-refractivity contribution in [2.45, 2.75) is 51.6 Å². The third-order valence-corrected chi connectivity index (χ3v) is 4.14. The van der Waals surface area contributed by atoms with Crippen LogP contribution in [0.1, 0.15) is 45.4 Å². The molecule has 2 saturated heterocycles. The Bertz CT molecular complexity index is 271. The lowest BCUT2D eigenvalue weighted by atomic mass is 9.98. The van der Waals surface area contributed by atoms with E-state index in [-0.39, 0.29) is 12.0 Å². The summed E-state index contributed by atoms with van der Waals surface area (Å²) in [4.78, 5) is 14.6. The number of hydrogen-bond donors (Lipinski definition) is 1. The number of amides is 1. The first kappa shape index (κ1) is 14.8. The van der Waals surface area contributed by atoms with Crippen LogP contribution in [0.4, 0.5) is 0 Å². The van der Waals surface area contributed by atoms with E-state index in [4.69, 9.17) is 4.74 Å². The van der Waals surface area contributed by atoms with E-state index in [1.165, 1.54) is 12.8 Å². The van der Waals surface area contributed by atoms with Gasteiger partial charge in [0, 0.05) is 19.7 Å². The van der Waals surface area contributed by atoms with Gasteiger partial charge in [-0.15, -0.1) is 0 Å². The monoisotopic (exact) mass is 268 g/mol. The number of carbonyl (C=O) groups is 1. The van der Waals surface area contributed by atoms with E-state index in [0.29, 0.717) is 5.92 Å². The van der Waals surface area contributed by atoms with Crippen LogP contribution in [0.2, 0.25) is 0 Å². The van der Waals surface area contributed by atoms with Crippen molar-refractivity contribution in [1.29, 1.82) is 0 Å². The van der Waals surface area contributed by atoms with Crippen molar-refractivity contribution in [2.75, 3.05) is 32.8 Å². The Morgan fingerprint density at radius 1 is 1.32 bits per heavy atom. The smallest absolute Gasteiger partial charge is 0.251 e. The van der Waals surface area contributed by atoms with E-state index in [1.807, 2.05) is 4.90 Å². The van der Waals surface area contributed by atoms with Gasteiger partial charge in [0.25, 0.3) is 5.91 Å². The normalized spacial score (nSPS) is 28.1. The highest BCUT2D eigenvalue weighted by molar-refractivity contribution is 5.81. The van der Waals surface area contributed by atoms with Crippen molar-refractivity contribution in [2.24, 2.45) is 5.92 Å². The maximum atomic E-state index is 12.5. The van der Waals surface area contributed by atoms with Crippen LogP contribution >= 0.6 is 0 Å². The third kappa shape index (κ3) is 4.46. The van der Waals surface area contributed by atoms with Crippen LogP contribution in [0.15, 0.2) is 0 Å². The lowest BCUT2D eigenvalue weighted by molar-refractivity contribution is -0.147. The minimum absolute atomic E-state index is 0.170. The van der Waals surface area contributed by atoms with Crippen LogP contribution < -0.4 is 5.32 Å². The molecule has 2 heterocycles. The number of ether oxygens (including phenoxy) is 1. The molecule has 0 aliphatic carbocycles. The largest absolute Gasteiger partial charge is 0.368 e. The second-order valence-electron chi connectivity index (χ2n) is 5.85. The zero-order valence-electron chi connectivity index (χ0n) is 12.2. The van der Waals surface area contributed by atoms with Gasteiger partial charge in [0.1, 0.15) is 6.10 Å². The minimum atomic E-state index is -0.170. The van der Waals surface area contributed by atoms with Crippen LogP contribution in [0.5, 0.6) is 0 Å². The van der Waals surface area contributed by atoms with Gasteiger partial charge >= 0.3 is 0 Å². The second kappa shape index (κ2) is 7.85. The van der Waals surface area contributed by atoms with Gasteiger partial charge in [0.05, 0.1) is 0 Å². The van der Waals surface area contributed by atoms with Gasteiger partial charge in [-0.3, -0.25) is 4.79 Å². The fourth-order valence-corrected chi connectivity index (χ4v) is 3.09. The van der Waals surface area contributed by atoms with Crippen molar-refractivity contribution in [3.8, 4) is 0 Å². The summed E-state index contributed by atoms with van der Waals surface area (Å²) in [6.07, 6.45) is 6.47. The molecule has 2 atom stereocenters. The van der Waals surface area contributed by atoms with Crippen LogP contribution in [-0.4, -0.2) is 49.7 Å². The number of nitrogens with zero attached hydrogens (tertiary/aromatic N) is 1. The van der Waals surface area contributed by atoms with E-state index >= 15 is 0 Å². The Balaban J connectivity index is 1.87. The average Bonchev–Trinajstić information content (AvgIpc) is 2.48. The van der Waals surface area contributed by atoms with Crippen LogP contribution in [0.3, 0.4) is 0 Å². The Morgan fingerprint density at radius 3 is 2.84 bits per heavy atom. The first-order valence-corrected chi connectivity index (χ1v) is 7.92. The molecule has 0 aromatic rings.